The lowest BCUT2D eigenvalue weighted by molar-refractivity contribution is 0.0358. The highest BCUT2D eigenvalue weighted by molar-refractivity contribution is 6.35. The molecule has 5 aromatic rings. The van der Waals surface area contributed by atoms with Gasteiger partial charge in [0.25, 0.3) is 0 Å². The van der Waals surface area contributed by atoms with E-state index in [1.165, 1.54) is 0 Å². The van der Waals surface area contributed by atoms with Gasteiger partial charge in [0.05, 0.1) is 48.3 Å². The van der Waals surface area contributed by atoms with Crippen LogP contribution in [0.15, 0.2) is 54.6 Å². The number of aryl methyl sites for hydroxylation is 3. The Bertz CT molecular complexity index is 1960. The molecule has 2 aliphatic heterocycles. The Balaban J connectivity index is 1.29. The summed E-state index contributed by atoms with van der Waals surface area (Å²) < 4.78 is 16.1. The van der Waals surface area contributed by atoms with E-state index < -0.39 is 5.97 Å². The van der Waals surface area contributed by atoms with E-state index in [-0.39, 0.29) is 0 Å². The first-order valence-electron chi connectivity index (χ1n) is 17.7. The van der Waals surface area contributed by atoms with Crippen LogP contribution < -0.4 is 4.74 Å². The number of fused-ring (bicyclic) bond motifs is 3. The molecule has 0 radical (unpaired) electrons. The largest absolute Gasteiger partial charge is 0.493 e. The first-order chi connectivity index (χ1) is 23.9. The van der Waals surface area contributed by atoms with E-state index in [0.29, 0.717) is 36.7 Å². The van der Waals surface area contributed by atoms with Crippen molar-refractivity contribution in [2.24, 2.45) is 0 Å². The number of hydrogen-bond acceptors (Lipinski definition) is 6. The van der Waals surface area contributed by atoms with E-state index >= 15 is 0 Å². The number of benzene rings is 3. The number of nitrogens with zero attached hydrogens (tertiary/aromatic N) is 5. The molecule has 49 heavy (non-hydrogen) atoms. The first-order valence-corrected chi connectivity index (χ1v) is 18.1. The molecule has 3 aromatic carbocycles. The highest BCUT2D eigenvalue weighted by atomic mass is 35.5. The summed E-state index contributed by atoms with van der Waals surface area (Å²) >= 11 is 7.20. The molecule has 10 heteroatoms. The van der Waals surface area contributed by atoms with Gasteiger partial charge in [0, 0.05) is 54.6 Å². The van der Waals surface area contributed by atoms with Gasteiger partial charge in [0.1, 0.15) is 11.4 Å². The van der Waals surface area contributed by atoms with E-state index in [1.807, 2.05) is 41.0 Å². The summed E-state index contributed by atoms with van der Waals surface area (Å²) in [5, 5.41) is 19.8. The van der Waals surface area contributed by atoms with Gasteiger partial charge in [-0.05, 0) is 68.8 Å². The van der Waals surface area contributed by atoms with Gasteiger partial charge in [0.15, 0.2) is 0 Å². The summed E-state index contributed by atoms with van der Waals surface area (Å²) in [5.41, 5.74) is 6.19. The van der Waals surface area contributed by atoms with Crippen molar-refractivity contribution in [3.63, 3.8) is 0 Å². The Morgan fingerprint density at radius 1 is 0.959 bits per heavy atom. The second-order valence-corrected chi connectivity index (χ2v) is 13.7. The van der Waals surface area contributed by atoms with Crippen molar-refractivity contribution in [3.05, 3.63) is 82.3 Å². The Labute approximate surface area is 292 Å². The molecule has 0 spiro atoms. The molecule has 1 N–H and O–H groups in total. The molecule has 4 heterocycles. The van der Waals surface area contributed by atoms with Gasteiger partial charge in [-0.3, -0.25) is 9.58 Å². The highest BCUT2D eigenvalue weighted by Gasteiger charge is 2.30. The maximum Gasteiger partial charge on any atom is 0.352 e. The van der Waals surface area contributed by atoms with Crippen molar-refractivity contribution in [2.75, 3.05) is 53.0 Å². The predicted octanol–water partition coefficient (Wildman–Crippen LogP) is 7.14. The van der Waals surface area contributed by atoms with Gasteiger partial charge in [-0.25, -0.2) is 4.79 Å². The van der Waals surface area contributed by atoms with Crippen LogP contribution >= 0.6 is 11.6 Å². The Morgan fingerprint density at radius 3 is 2.57 bits per heavy atom. The molecule has 2 aliphatic rings. The fourth-order valence-corrected chi connectivity index (χ4v) is 7.93. The summed E-state index contributed by atoms with van der Waals surface area (Å²) in [4.78, 5) is 17.9. The first kappa shape index (κ1) is 33.6. The lowest BCUT2D eigenvalue weighted by Gasteiger charge is -2.27. The molecule has 0 unspecified atom stereocenters. The topological polar surface area (TPSA) is 85.0 Å². The smallest absolute Gasteiger partial charge is 0.352 e. The third-order valence-corrected chi connectivity index (χ3v) is 10.4. The van der Waals surface area contributed by atoms with Gasteiger partial charge in [-0.15, -0.1) is 0 Å². The van der Waals surface area contributed by atoms with Crippen LogP contribution in [-0.4, -0.2) is 88.3 Å². The number of aromatic carboxylic acids is 1. The van der Waals surface area contributed by atoms with Gasteiger partial charge in [0.2, 0.25) is 0 Å². The zero-order valence-corrected chi connectivity index (χ0v) is 29.3. The summed E-state index contributed by atoms with van der Waals surface area (Å²) in [7, 11) is 2.16. The van der Waals surface area contributed by atoms with Crippen molar-refractivity contribution >= 4 is 39.2 Å². The molecule has 0 amide bonds. The second kappa shape index (κ2) is 14.9. The molecule has 2 aromatic heterocycles. The molecule has 1 fully saturated rings. The Morgan fingerprint density at radius 2 is 1.76 bits per heavy atom. The fourth-order valence-electron chi connectivity index (χ4n) is 7.69. The summed E-state index contributed by atoms with van der Waals surface area (Å²) in [6.07, 6.45) is 3.82. The normalized spacial score (nSPS) is 16.1. The molecule has 0 aliphatic carbocycles. The van der Waals surface area contributed by atoms with Crippen molar-refractivity contribution in [1.29, 1.82) is 0 Å². The molecule has 0 atom stereocenters. The van der Waals surface area contributed by atoms with Gasteiger partial charge in [-0.1, -0.05) is 61.0 Å². The molecule has 0 bridgehead atoms. The van der Waals surface area contributed by atoms with Crippen LogP contribution in [0, 0.1) is 0 Å². The molecular formula is C39H46ClN5O4. The van der Waals surface area contributed by atoms with Crippen LogP contribution in [0.2, 0.25) is 5.02 Å². The summed E-state index contributed by atoms with van der Waals surface area (Å²) in [5.74, 6) is -0.0647. The van der Waals surface area contributed by atoms with Crippen molar-refractivity contribution < 1.29 is 19.4 Å². The average Bonchev–Trinajstić information content (AvgIpc) is 3.61. The van der Waals surface area contributed by atoms with E-state index in [9.17, 15) is 9.90 Å². The lowest BCUT2D eigenvalue weighted by atomic mass is 9.97. The van der Waals surface area contributed by atoms with Crippen LogP contribution in [0.5, 0.6) is 5.75 Å². The van der Waals surface area contributed by atoms with E-state index in [4.69, 9.17) is 26.2 Å². The molecule has 1 saturated heterocycles. The van der Waals surface area contributed by atoms with Crippen LogP contribution in [0.4, 0.5) is 0 Å². The molecule has 0 saturated carbocycles. The van der Waals surface area contributed by atoms with Gasteiger partial charge >= 0.3 is 5.97 Å². The minimum atomic E-state index is -0.910. The predicted molar refractivity (Wildman–Crippen MR) is 195 cm³/mol. The number of ether oxygens (including phenoxy) is 2. The van der Waals surface area contributed by atoms with E-state index in [0.717, 1.165) is 127 Å². The fraction of sp³-hybridized carbons (Fsp3) is 0.436. The summed E-state index contributed by atoms with van der Waals surface area (Å²) in [6.45, 7) is 9.91. The number of hydrogen-bond donors (Lipinski definition) is 1. The van der Waals surface area contributed by atoms with Crippen molar-refractivity contribution in [1.82, 2.24) is 24.1 Å². The second-order valence-electron chi connectivity index (χ2n) is 13.3. The average molecular weight is 684 g/mol. The molecule has 258 valence electrons. The Kier molecular flexibility index (Phi) is 10.2. The van der Waals surface area contributed by atoms with Crippen LogP contribution in [0.1, 0.15) is 53.6 Å². The molecule has 7 rings (SSSR count). The van der Waals surface area contributed by atoms with Crippen LogP contribution in [-0.2, 0) is 37.2 Å². The minimum Gasteiger partial charge on any atom is -0.493 e. The zero-order chi connectivity index (χ0) is 33.9. The standard InChI is InChI=1S/C39H46ClN5O4/c1-3-32-36-33(45(41-32)20-19-43-21-24-48-25-22-43)26-42(2)17-6-7-18-44-37-30(15-16-31(40)35(36)37)29(38(44)39(46)47)13-9-23-49-34-14-8-11-27-10-4-5-12-28(27)34/h4-5,8,10-12,14-16H,3,6-7,9,13,17-26H2,1-2H3,(H,46,47). The Hall–Kier alpha value is -3.89. The minimum absolute atomic E-state index is 0.357. The number of aromatic nitrogens is 3. The quantitative estimate of drug-likeness (QED) is 0.157. The number of morpholine rings is 1. The number of carboxylic acid groups (broad SMARTS) is 1. The van der Waals surface area contributed by atoms with Crippen LogP contribution in [0.3, 0.4) is 0 Å². The monoisotopic (exact) mass is 683 g/mol. The number of halogens is 1. The SMILES string of the molecule is CCc1nn(CCN2CCOCC2)c2c1-c1c(Cl)ccc3c(CCCOc4cccc5ccccc45)c(C(=O)O)n(c13)CCCCN(C)C2. The van der Waals surface area contributed by atoms with Crippen molar-refractivity contribution in [2.45, 2.75) is 58.7 Å². The highest BCUT2D eigenvalue weighted by Crippen LogP contribution is 2.43. The third kappa shape index (κ3) is 6.82. The molecule has 9 nitrogen and oxygen atoms in total. The zero-order valence-electron chi connectivity index (χ0n) is 28.6. The maximum atomic E-state index is 13.1. The number of carbonyl (C=O) groups is 1. The number of rotatable bonds is 10. The molecular weight excluding hydrogens is 638 g/mol. The van der Waals surface area contributed by atoms with Gasteiger partial charge < -0.3 is 24.0 Å². The number of carboxylic acids is 1. The van der Waals surface area contributed by atoms with Crippen molar-refractivity contribution in [3.8, 4) is 16.9 Å². The van der Waals surface area contributed by atoms with Crippen LogP contribution in [0.25, 0.3) is 32.8 Å². The third-order valence-electron chi connectivity index (χ3n) is 10.1. The van der Waals surface area contributed by atoms with Gasteiger partial charge in [-0.2, -0.15) is 5.10 Å². The van der Waals surface area contributed by atoms with E-state index in [1.54, 1.807) is 0 Å². The van der Waals surface area contributed by atoms with E-state index in [2.05, 4.69) is 46.7 Å². The lowest BCUT2D eigenvalue weighted by Crippen LogP contribution is -2.38. The maximum absolute atomic E-state index is 13.1. The summed E-state index contributed by atoms with van der Waals surface area (Å²) in [6, 6.07) is 18.3.